The van der Waals surface area contributed by atoms with E-state index in [-0.39, 0.29) is 0 Å². The van der Waals surface area contributed by atoms with Gasteiger partial charge < -0.3 is 0 Å². The van der Waals surface area contributed by atoms with Crippen molar-refractivity contribution in [1.82, 2.24) is 0 Å². The van der Waals surface area contributed by atoms with E-state index in [0.717, 1.165) is 12.8 Å². The van der Waals surface area contributed by atoms with Crippen molar-refractivity contribution in [3.8, 4) is 0 Å². The largest absolute Gasteiger partial charge is 0.0955 e. The van der Waals surface area contributed by atoms with E-state index in [1.165, 1.54) is 62.1 Å². The Morgan fingerprint density at radius 3 is 2.46 bits per heavy atom. The molecule has 0 aromatic heterocycles. The van der Waals surface area contributed by atoms with Crippen molar-refractivity contribution in [3.05, 3.63) is 130 Å². The molecule has 0 aliphatic heterocycles. The first-order chi connectivity index (χ1) is 16.8. The van der Waals surface area contributed by atoms with Crippen LogP contribution < -0.4 is 0 Å². The predicted octanol–water partition coefficient (Wildman–Crippen LogP) is 9.59. The molecule has 1 fully saturated rings. The molecular formula is C35H40. The van der Waals surface area contributed by atoms with E-state index in [1.54, 1.807) is 0 Å². The maximum atomic E-state index is 4.75. The van der Waals surface area contributed by atoms with Crippen LogP contribution in [0.15, 0.2) is 107 Å². The normalized spacial score (nSPS) is 26.9. The third-order valence-electron chi connectivity index (χ3n) is 8.77. The maximum Gasteiger partial charge on any atom is 0.0201 e. The molecular weight excluding hydrogens is 420 g/mol. The van der Waals surface area contributed by atoms with Crippen molar-refractivity contribution in [1.29, 1.82) is 0 Å². The van der Waals surface area contributed by atoms with E-state index in [9.17, 15) is 0 Å². The summed E-state index contributed by atoms with van der Waals surface area (Å²) >= 11 is 0. The third-order valence-corrected chi connectivity index (χ3v) is 8.77. The average molecular weight is 461 g/mol. The van der Waals surface area contributed by atoms with Gasteiger partial charge in [0.2, 0.25) is 0 Å². The minimum absolute atomic E-state index is 0.301. The molecule has 180 valence electrons. The van der Waals surface area contributed by atoms with Gasteiger partial charge in [-0.25, -0.2) is 0 Å². The first kappa shape index (κ1) is 23.9. The summed E-state index contributed by atoms with van der Waals surface area (Å²) in [6.07, 6.45) is 8.21. The van der Waals surface area contributed by atoms with Crippen molar-refractivity contribution in [3.63, 3.8) is 0 Å². The summed E-state index contributed by atoms with van der Waals surface area (Å²) in [5, 5.41) is 0. The van der Waals surface area contributed by atoms with Crippen LogP contribution >= 0.6 is 0 Å². The lowest BCUT2D eigenvalue weighted by Gasteiger charge is -2.34. The third kappa shape index (κ3) is 4.12. The van der Waals surface area contributed by atoms with E-state index in [1.807, 2.05) is 0 Å². The lowest BCUT2D eigenvalue weighted by atomic mass is 9.69. The zero-order chi connectivity index (χ0) is 24.9. The minimum Gasteiger partial charge on any atom is -0.0955 e. The second kappa shape index (κ2) is 9.30. The first-order valence-electron chi connectivity index (χ1n) is 13.5. The molecule has 5 rings (SSSR count). The number of allylic oxidation sites excluding steroid dienone is 8. The zero-order valence-electron chi connectivity index (χ0n) is 22.2. The van der Waals surface area contributed by atoms with E-state index in [2.05, 4.69) is 102 Å². The lowest BCUT2D eigenvalue weighted by molar-refractivity contribution is 0.567. The number of benzene rings is 2. The Kier molecular flexibility index (Phi) is 6.34. The summed E-state index contributed by atoms with van der Waals surface area (Å²) in [6, 6.07) is 18.4. The van der Waals surface area contributed by atoms with Crippen LogP contribution in [0.2, 0.25) is 0 Å². The van der Waals surface area contributed by atoms with Gasteiger partial charge in [-0.3, -0.25) is 0 Å². The lowest BCUT2D eigenvalue weighted by Crippen LogP contribution is -2.21. The van der Waals surface area contributed by atoms with E-state index in [4.69, 9.17) is 6.58 Å². The molecule has 0 saturated heterocycles. The Balaban J connectivity index is 1.56. The van der Waals surface area contributed by atoms with Gasteiger partial charge in [-0.05, 0) is 82.6 Å². The van der Waals surface area contributed by atoms with E-state index < -0.39 is 0 Å². The molecule has 2 aromatic rings. The SMILES string of the molecule is C=C(CC)C1=C(C)C=C2CC(=CC3c4ccccc4CC3C)C(=C)C2C1c1ccc(C(C)C)cc1. The second-order valence-electron chi connectivity index (χ2n) is 11.3. The zero-order valence-corrected chi connectivity index (χ0v) is 22.2. The molecule has 0 heteroatoms. The van der Waals surface area contributed by atoms with Crippen LogP contribution in [-0.2, 0) is 6.42 Å². The number of fused-ring (bicyclic) bond motifs is 2. The molecule has 0 radical (unpaired) electrons. The Hall–Kier alpha value is -2.86. The van der Waals surface area contributed by atoms with Crippen molar-refractivity contribution in [2.45, 2.75) is 71.6 Å². The topological polar surface area (TPSA) is 0 Å². The van der Waals surface area contributed by atoms with Crippen molar-refractivity contribution >= 4 is 0 Å². The van der Waals surface area contributed by atoms with Crippen molar-refractivity contribution < 1.29 is 0 Å². The van der Waals surface area contributed by atoms with Gasteiger partial charge in [0.15, 0.2) is 0 Å². The summed E-state index contributed by atoms with van der Waals surface area (Å²) in [5.74, 6) is 2.30. The molecule has 0 N–H and O–H groups in total. The number of rotatable bonds is 5. The van der Waals surface area contributed by atoms with Crippen LogP contribution in [0.5, 0.6) is 0 Å². The van der Waals surface area contributed by atoms with Crippen LogP contribution in [0, 0.1) is 11.8 Å². The quantitative estimate of drug-likeness (QED) is 0.416. The van der Waals surface area contributed by atoms with Gasteiger partial charge in [0.25, 0.3) is 0 Å². The highest BCUT2D eigenvalue weighted by Crippen LogP contribution is 2.55. The highest BCUT2D eigenvalue weighted by molar-refractivity contribution is 5.61. The summed E-state index contributed by atoms with van der Waals surface area (Å²) < 4.78 is 0. The fourth-order valence-corrected chi connectivity index (χ4v) is 6.79. The van der Waals surface area contributed by atoms with E-state index in [0.29, 0.717) is 29.6 Å². The van der Waals surface area contributed by atoms with E-state index >= 15 is 0 Å². The van der Waals surface area contributed by atoms with Crippen LogP contribution in [0.25, 0.3) is 0 Å². The van der Waals surface area contributed by atoms with Crippen molar-refractivity contribution in [2.24, 2.45) is 11.8 Å². The molecule has 0 amide bonds. The minimum atomic E-state index is 0.301. The molecule has 0 spiro atoms. The molecule has 2 aromatic carbocycles. The number of hydrogen-bond acceptors (Lipinski definition) is 0. The van der Waals surface area contributed by atoms with Gasteiger partial charge in [-0.15, -0.1) is 0 Å². The number of hydrogen-bond donors (Lipinski definition) is 0. The van der Waals surface area contributed by atoms with Gasteiger partial charge in [0.05, 0.1) is 0 Å². The molecule has 1 saturated carbocycles. The maximum absolute atomic E-state index is 4.75. The summed E-state index contributed by atoms with van der Waals surface area (Å²) in [4.78, 5) is 0. The molecule has 3 aliphatic carbocycles. The second-order valence-corrected chi connectivity index (χ2v) is 11.3. The van der Waals surface area contributed by atoms with Gasteiger partial charge in [-0.2, -0.15) is 0 Å². The van der Waals surface area contributed by atoms with Crippen molar-refractivity contribution in [2.75, 3.05) is 0 Å². The van der Waals surface area contributed by atoms with Crippen LogP contribution in [0.3, 0.4) is 0 Å². The summed E-state index contributed by atoms with van der Waals surface area (Å²) in [6.45, 7) is 20.7. The Morgan fingerprint density at radius 2 is 1.77 bits per heavy atom. The summed E-state index contributed by atoms with van der Waals surface area (Å²) in [7, 11) is 0. The Morgan fingerprint density at radius 1 is 1.06 bits per heavy atom. The molecule has 4 unspecified atom stereocenters. The highest BCUT2D eigenvalue weighted by atomic mass is 14.4. The molecule has 3 aliphatic rings. The van der Waals surface area contributed by atoms with Crippen LogP contribution in [-0.4, -0.2) is 0 Å². The summed E-state index contributed by atoms with van der Waals surface area (Å²) in [5.41, 5.74) is 14.2. The monoisotopic (exact) mass is 460 g/mol. The van der Waals surface area contributed by atoms with Crippen LogP contribution in [0.1, 0.15) is 87.5 Å². The molecule has 0 heterocycles. The van der Waals surface area contributed by atoms with Gasteiger partial charge in [0.1, 0.15) is 0 Å². The van der Waals surface area contributed by atoms with Gasteiger partial charge >= 0.3 is 0 Å². The first-order valence-corrected chi connectivity index (χ1v) is 13.5. The fraction of sp³-hybridized carbons (Fsp3) is 0.371. The molecule has 4 atom stereocenters. The Labute approximate surface area is 212 Å². The van der Waals surface area contributed by atoms with Crippen LogP contribution in [0.4, 0.5) is 0 Å². The van der Waals surface area contributed by atoms with Gasteiger partial charge in [0, 0.05) is 17.8 Å². The Bertz CT molecular complexity index is 1260. The molecule has 35 heavy (non-hydrogen) atoms. The predicted molar refractivity (Wildman–Crippen MR) is 151 cm³/mol. The molecule has 0 bridgehead atoms. The molecule has 0 nitrogen and oxygen atoms in total. The fourth-order valence-electron chi connectivity index (χ4n) is 6.79. The standard InChI is InChI=1S/C35H40/c1-8-22(4)33-24(6)18-30-19-29(20-32-23(5)17-28-11-9-10-12-31(28)32)25(7)34(30)35(33)27-15-13-26(14-16-27)21(2)3/h9-16,18,20-21,23,32,34-35H,4,7-8,17,19H2,1-3,5-6H3. The highest BCUT2D eigenvalue weighted by Gasteiger charge is 2.41. The average Bonchev–Trinajstić information content (AvgIpc) is 3.33. The smallest absolute Gasteiger partial charge is 0.0201 e. The van der Waals surface area contributed by atoms with Gasteiger partial charge in [-0.1, -0.05) is 113 Å².